The van der Waals surface area contributed by atoms with Gasteiger partial charge in [0.25, 0.3) is 0 Å². The molecule has 1 fully saturated rings. The van der Waals surface area contributed by atoms with Crippen LogP contribution in [0.2, 0.25) is 0 Å². The van der Waals surface area contributed by atoms with E-state index in [4.69, 9.17) is 14.3 Å². The normalized spacial score (nSPS) is 13.2. The van der Waals surface area contributed by atoms with Crippen molar-refractivity contribution in [1.29, 1.82) is 0 Å². The highest BCUT2D eigenvalue weighted by Crippen LogP contribution is 2.21. The minimum absolute atomic E-state index is 0.250. The molecule has 0 saturated carbocycles. The third-order valence-corrected chi connectivity index (χ3v) is 5.21. The molecule has 0 aromatic heterocycles. The van der Waals surface area contributed by atoms with Crippen LogP contribution in [0.5, 0.6) is 5.75 Å². The zero-order valence-electron chi connectivity index (χ0n) is 15.0. The van der Waals surface area contributed by atoms with Crippen molar-refractivity contribution >= 4 is 22.1 Å². The van der Waals surface area contributed by atoms with E-state index in [2.05, 4.69) is 70.6 Å². The lowest BCUT2D eigenvalue weighted by Crippen LogP contribution is -2.41. The molecular weight excluding hydrogens is 394 g/mol. The van der Waals surface area contributed by atoms with Gasteiger partial charge in [0.05, 0.1) is 0 Å². The molecule has 3 rings (SSSR count). The summed E-state index contributed by atoms with van der Waals surface area (Å²) in [7, 11) is 0. The van der Waals surface area contributed by atoms with Gasteiger partial charge in [-0.2, -0.15) is 9.59 Å². The number of nitrogens with one attached hydrogen (secondary N) is 1. The van der Waals surface area contributed by atoms with Crippen LogP contribution in [0.15, 0.2) is 46.9 Å². The smallest absolute Gasteiger partial charge is 0.373 e. The van der Waals surface area contributed by atoms with E-state index in [9.17, 15) is 0 Å². The standard InChI is InChI=1S/C20H24BrNO.CO2/c1-15-5-8-18(20(21)11-15)14-23-19-9-6-16(7-10-19)3-2-4-17-12-22-13-17;2-1-3/h5-11,17,22H,2-4,12-14H2,1H3;. The van der Waals surface area contributed by atoms with Gasteiger partial charge < -0.3 is 10.1 Å². The lowest BCUT2D eigenvalue weighted by Gasteiger charge is -2.26. The van der Waals surface area contributed by atoms with E-state index in [1.54, 1.807) is 0 Å². The molecule has 1 saturated heterocycles. The van der Waals surface area contributed by atoms with E-state index in [0.29, 0.717) is 6.61 Å². The van der Waals surface area contributed by atoms with Crippen LogP contribution in [-0.2, 0) is 22.6 Å². The molecule has 0 bridgehead atoms. The summed E-state index contributed by atoms with van der Waals surface area (Å²) in [5, 5.41) is 3.33. The van der Waals surface area contributed by atoms with E-state index in [1.807, 2.05) is 0 Å². The summed E-state index contributed by atoms with van der Waals surface area (Å²) >= 11 is 3.60. The lowest BCUT2D eigenvalue weighted by molar-refractivity contribution is -0.191. The fraction of sp³-hybridized carbons (Fsp3) is 0.381. The van der Waals surface area contributed by atoms with Gasteiger partial charge in [-0.15, -0.1) is 0 Å². The Labute approximate surface area is 163 Å². The molecule has 2 aromatic carbocycles. The molecule has 1 aliphatic heterocycles. The molecule has 0 aliphatic carbocycles. The fourth-order valence-electron chi connectivity index (χ4n) is 2.83. The molecule has 0 unspecified atom stereocenters. The predicted octanol–water partition coefficient (Wildman–Crippen LogP) is 4.30. The third kappa shape index (κ3) is 6.75. The third-order valence-electron chi connectivity index (χ3n) is 4.47. The van der Waals surface area contributed by atoms with Crippen molar-refractivity contribution in [3.63, 3.8) is 0 Å². The largest absolute Gasteiger partial charge is 0.489 e. The summed E-state index contributed by atoms with van der Waals surface area (Å²) in [5.74, 6) is 1.84. The second-order valence-electron chi connectivity index (χ2n) is 6.53. The van der Waals surface area contributed by atoms with Crippen molar-refractivity contribution in [2.45, 2.75) is 32.8 Å². The molecule has 4 nitrogen and oxygen atoms in total. The SMILES string of the molecule is Cc1ccc(COc2ccc(CCCC3CNC3)cc2)c(Br)c1.O=C=O. The number of benzene rings is 2. The first-order valence-electron chi connectivity index (χ1n) is 8.79. The van der Waals surface area contributed by atoms with Crippen molar-refractivity contribution in [3.05, 3.63) is 63.6 Å². The molecule has 0 atom stereocenters. The Bertz CT molecular complexity index is 721. The van der Waals surface area contributed by atoms with Crippen molar-refractivity contribution in [1.82, 2.24) is 5.32 Å². The molecule has 26 heavy (non-hydrogen) atoms. The molecule has 2 aromatic rings. The Morgan fingerprint density at radius 2 is 1.85 bits per heavy atom. The molecular formula is C21H24BrNO3. The molecule has 1 N–H and O–H groups in total. The van der Waals surface area contributed by atoms with E-state index in [0.717, 1.165) is 16.1 Å². The summed E-state index contributed by atoms with van der Waals surface area (Å²) in [5.41, 5.74) is 3.83. The average molecular weight is 418 g/mol. The quantitative estimate of drug-likeness (QED) is 0.729. The van der Waals surface area contributed by atoms with Crippen LogP contribution < -0.4 is 10.1 Å². The van der Waals surface area contributed by atoms with Crippen LogP contribution in [0.1, 0.15) is 29.5 Å². The average Bonchev–Trinajstić information content (AvgIpc) is 2.58. The zero-order chi connectivity index (χ0) is 18.8. The van der Waals surface area contributed by atoms with E-state index >= 15 is 0 Å². The van der Waals surface area contributed by atoms with Gasteiger partial charge in [-0.3, -0.25) is 0 Å². The van der Waals surface area contributed by atoms with Crippen molar-refractivity contribution in [2.75, 3.05) is 13.1 Å². The Kier molecular flexibility index (Phi) is 8.56. The first-order valence-corrected chi connectivity index (χ1v) is 9.58. The van der Waals surface area contributed by atoms with E-state index in [-0.39, 0.29) is 6.15 Å². The predicted molar refractivity (Wildman–Crippen MR) is 104 cm³/mol. The van der Waals surface area contributed by atoms with Gasteiger partial charge in [-0.05, 0) is 74.5 Å². The number of hydrogen-bond acceptors (Lipinski definition) is 4. The van der Waals surface area contributed by atoms with Crippen LogP contribution in [0.4, 0.5) is 0 Å². The summed E-state index contributed by atoms with van der Waals surface area (Å²) in [6, 6.07) is 14.9. The highest BCUT2D eigenvalue weighted by atomic mass is 79.9. The van der Waals surface area contributed by atoms with Gasteiger partial charge in [0.1, 0.15) is 12.4 Å². The Hall–Kier alpha value is -1.94. The fourth-order valence-corrected chi connectivity index (χ4v) is 3.44. The van der Waals surface area contributed by atoms with E-state index < -0.39 is 0 Å². The summed E-state index contributed by atoms with van der Waals surface area (Å²) in [6.45, 7) is 5.10. The second kappa shape index (κ2) is 10.9. The van der Waals surface area contributed by atoms with Gasteiger partial charge in [0.2, 0.25) is 0 Å². The summed E-state index contributed by atoms with van der Waals surface area (Å²) in [6.07, 6.45) is 4.04. The van der Waals surface area contributed by atoms with Crippen LogP contribution in [-0.4, -0.2) is 19.2 Å². The van der Waals surface area contributed by atoms with E-state index in [1.165, 1.54) is 49.0 Å². The van der Waals surface area contributed by atoms with Crippen molar-refractivity contribution in [3.8, 4) is 5.75 Å². The van der Waals surface area contributed by atoms with Gasteiger partial charge >= 0.3 is 6.15 Å². The number of rotatable bonds is 7. The van der Waals surface area contributed by atoms with Crippen molar-refractivity contribution < 1.29 is 14.3 Å². The lowest BCUT2D eigenvalue weighted by atomic mass is 9.95. The molecule has 0 radical (unpaired) electrons. The first-order chi connectivity index (χ1) is 12.6. The number of hydrogen-bond donors (Lipinski definition) is 1. The molecule has 0 amide bonds. The van der Waals surface area contributed by atoms with Gasteiger partial charge in [-0.1, -0.05) is 40.2 Å². The zero-order valence-corrected chi connectivity index (χ0v) is 16.6. The number of carbonyl (C=O) groups excluding carboxylic acids is 2. The number of ether oxygens (including phenoxy) is 1. The summed E-state index contributed by atoms with van der Waals surface area (Å²) in [4.78, 5) is 16.2. The molecule has 5 heteroatoms. The van der Waals surface area contributed by atoms with Crippen LogP contribution in [0.3, 0.4) is 0 Å². The maximum atomic E-state index is 8.12. The maximum absolute atomic E-state index is 8.12. The highest BCUT2D eigenvalue weighted by molar-refractivity contribution is 9.10. The maximum Gasteiger partial charge on any atom is 0.373 e. The number of aryl methyl sites for hydroxylation is 2. The molecule has 1 heterocycles. The van der Waals surface area contributed by atoms with Gasteiger partial charge in [0, 0.05) is 10.0 Å². The first kappa shape index (κ1) is 20.4. The Balaban J connectivity index is 0.000000758. The Morgan fingerprint density at radius 3 is 2.42 bits per heavy atom. The minimum atomic E-state index is 0.250. The van der Waals surface area contributed by atoms with Crippen molar-refractivity contribution in [2.24, 2.45) is 5.92 Å². The molecule has 138 valence electrons. The topological polar surface area (TPSA) is 55.4 Å². The van der Waals surface area contributed by atoms with Gasteiger partial charge in [0.15, 0.2) is 0 Å². The Morgan fingerprint density at radius 1 is 1.15 bits per heavy atom. The second-order valence-corrected chi connectivity index (χ2v) is 7.38. The number of halogens is 1. The highest BCUT2D eigenvalue weighted by Gasteiger charge is 2.15. The minimum Gasteiger partial charge on any atom is -0.489 e. The van der Waals surface area contributed by atoms with Crippen LogP contribution in [0.25, 0.3) is 0 Å². The van der Waals surface area contributed by atoms with Gasteiger partial charge in [-0.25, -0.2) is 0 Å². The molecule has 0 spiro atoms. The van der Waals surface area contributed by atoms with Crippen LogP contribution >= 0.6 is 15.9 Å². The van der Waals surface area contributed by atoms with Crippen LogP contribution in [0, 0.1) is 12.8 Å². The monoisotopic (exact) mass is 417 g/mol. The molecule has 1 aliphatic rings. The summed E-state index contributed by atoms with van der Waals surface area (Å²) < 4.78 is 7.01.